The molecule has 0 saturated carbocycles. The number of benzene rings is 1. The molecule has 0 spiro atoms. The van der Waals surface area contributed by atoms with Crippen molar-refractivity contribution < 1.29 is 14.3 Å². The van der Waals surface area contributed by atoms with Gasteiger partial charge in [0.2, 0.25) is 17.8 Å². The van der Waals surface area contributed by atoms with Gasteiger partial charge in [-0.15, -0.1) is 0 Å². The van der Waals surface area contributed by atoms with Crippen LogP contribution in [0, 0.1) is 6.92 Å². The van der Waals surface area contributed by atoms with E-state index in [1.165, 1.54) is 0 Å². The van der Waals surface area contributed by atoms with Crippen molar-refractivity contribution >= 4 is 40.9 Å². The normalized spacial score (nSPS) is 18.8. The van der Waals surface area contributed by atoms with Crippen molar-refractivity contribution in [1.29, 1.82) is 0 Å². The van der Waals surface area contributed by atoms with Crippen LogP contribution in [0.2, 0.25) is 5.02 Å². The van der Waals surface area contributed by atoms with E-state index in [2.05, 4.69) is 20.6 Å². The largest absolute Gasteiger partial charge is 0.378 e. The maximum absolute atomic E-state index is 12.9. The predicted molar refractivity (Wildman–Crippen MR) is 109 cm³/mol. The van der Waals surface area contributed by atoms with Crippen molar-refractivity contribution in [3.8, 4) is 0 Å². The Morgan fingerprint density at radius 1 is 1.31 bits per heavy atom. The van der Waals surface area contributed by atoms with Crippen LogP contribution in [0.4, 0.5) is 17.5 Å². The minimum absolute atomic E-state index is 0.113. The average Bonchev–Trinajstić information content (AvgIpc) is 2.69. The highest BCUT2D eigenvalue weighted by Gasteiger charge is 2.35. The second-order valence-electron chi connectivity index (χ2n) is 7.03. The quantitative estimate of drug-likeness (QED) is 0.699. The molecule has 0 aliphatic carbocycles. The molecule has 2 aliphatic rings. The third-order valence-electron chi connectivity index (χ3n) is 4.95. The highest BCUT2D eigenvalue weighted by Crippen LogP contribution is 2.31. The second kappa shape index (κ2) is 7.84. The Hall–Kier alpha value is -2.91. The number of aromatic nitrogens is 2. The number of nitrogens with one attached hydrogen (secondary N) is 3. The summed E-state index contributed by atoms with van der Waals surface area (Å²) in [5, 5.41) is 5.71. The summed E-state index contributed by atoms with van der Waals surface area (Å²) in [6.45, 7) is 4.08. The SMILES string of the molecule is Cc1ccc(NC(=O)[C@H]2CC(=O)Nc3nc(N4CCOCC4)[nH]c(=O)c32)c(Cl)c1. The number of nitrogens with zero attached hydrogens (tertiary/aromatic N) is 2. The molecule has 0 unspecified atom stereocenters. The van der Waals surface area contributed by atoms with E-state index in [0.717, 1.165) is 5.56 Å². The van der Waals surface area contributed by atoms with Gasteiger partial charge >= 0.3 is 0 Å². The standard InChI is InChI=1S/C19H20ClN5O4/c1-10-2-3-13(12(20)8-10)21-17(27)11-9-14(26)22-16-15(11)18(28)24-19(23-16)25-4-6-29-7-5-25/h2-3,8,11H,4-7,9H2,1H3,(H,21,27)(H2,22,23,24,26,28)/t11-/m0/s1. The molecule has 152 valence electrons. The maximum Gasteiger partial charge on any atom is 0.258 e. The number of carbonyl (C=O) groups excluding carboxylic acids is 2. The topological polar surface area (TPSA) is 116 Å². The first-order chi connectivity index (χ1) is 13.9. The van der Waals surface area contributed by atoms with E-state index < -0.39 is 17.4 Å². The van der Waals surface area contributed by atoms with Crippen molar-refractivity contribution in [1.82, 2.24) is 9.97 Å². The van der Waals surface area contributed by atoms with E-state index in [4.69, 9.17) is 16.3 Å². The lowest BCUT2D eigenvalue weighted by Gasteiger charge is -2.29. The lowest BCUT2D eigenvalue weighted by molar-refractivity contribution is -0.123. The summed E-state index contributed by atoms with van der Waals surface area (Å²) in [6, 6.07) is 5.22. The first-order valence-corrected chi connectivity index (χ1v) is 9.64. The second-order valence-corrected chi connectivity index (χ2v) is 7.44. The third-order valence-corrected chi connectivity index (χ3v) is 5.26. The molecule has 2 aliphatic heterocycles. The van der Waals surface area contributed by atoms with Crippen LogP contribution in [0.3, 0.4) is 0 Å². The molecule has 29 heavy (non-hydrogen) atoms. The molecule has 3 N–H and O–H groups in total. The minimum Gasteiger partial charge on any atom is -0.378 e. The van der Waals surface area contributed by atoms with Crippen LogP contribution in [-0.4, -0.2) is 48.1 Å². The molecule has 1 saturated heterocycles. The van der Waals surface area contributed by atoms with Crippen molar-refractivity contribution in [2.45, 2.75) is 19.3 Å². The summed E-state index contributed by atoms with van der Waals surface area (Å²) in [4.78, 5) is 46.9. The van der Waals surface area contributed by atoms with E-state index >= 15 is 0 Å². The number of hydrogen-bond acceptors (Lipinski definition) is 6. The van der Waals surface area contributed by atoms with Gasteiger partial charge < -0.3 is 20.3 Å². The van der Waals surface area contributed by atoms with Crippen molar-refractivity contribution in [2.24, 2.45) is 0 Å². The van der Waals surface area contributed by atoms with Crippen molar-refractivity contribution in [2.75, 3.05) is 41.8 Å². The number of halogens is 1. The fourth-order valence-electron chi connectivity index (χ4n) is 3.45. The molecular weight excluding hydrogens is 398 g/mol. The summed E-state index contributed by atoms with van der Waals surface area (Å²) in [7, 11) is 0. The van der Waals surface area contributed by atoms with Gasteiger partial charge in [-0.3, -0.25) is 19.4 Å². The monoisotopic (exact) mass is 417 g/mol. The van der Waals surface area contributed by atoms with E-state index in [0.29, 0.717) is 43.0 Å². The summed E-state index contributed by atoms with van der Waals surface area (Å²) in [5.74, 6) is -1.37. The van der Waals surface area contributed by atoms with Crippen LogP contribution in [0.5, 0.6) is 0 Å². The number of carbonyl (C=O) groups is 2. The Morgan fingerprint density at radius 2 is 2.07 bits per heavy atom. The van der Waals surface area contributed by atoms with Crippen LogP contribution in [0.15, 0.2) is 23.0 Å². The van der Waals surface area contributed by atoms with Gasteiger partial charge in [-0.05, 0) is 24.6 Å². The number of aromatic amines is 1. The first-order valence-electron chi connectivity index (χ1n) is 9.26. The summed E-state index contributed by atoms with van der Waals surface area (Å²) < 4.78 is 5.31. The summed E-state index contributed by atoms with van der Waals surface area (Å²) >= 11 is 6.19. The zero-order valence-corrected chi connectivity index (χ0v) is 16.5. The fraction of sp³-hybridized carbons (Fsp3) is 0.368. The van der Waals surface area contributed by atoms with Crippen LogP contribution >= 0.6 is 11.6 Å². The van der Waals surface area contributed by atoms with Crippen LogP contribution in [0.1, 0.15) is 23.5 Å². The lowest BCUT2D eigenvalue weighted by Crippen LogP contribution is -2.41. The van der Waals surface area contributed by atoms with E-state index in [1.807, 2.05) is 17.9 Å². The van der Waals surface area contributed by atoms with Crippen LogP contribution < -0.4 is 21.1 Å². The van der Waals surface area contributed by atoms with Gasteiger partial charge in [-0.25, -0.2) is 0 Å². The number of fused-ring (bicyclic) bond motifs is 1. The summed E-state index contributed by atoms with van der Waals surface area (Å²) in [6.07, 6.45) is -0.149. The van der Waals surface area contributed by atoms with E-state index in [9.17, 15) is 14.4 Å². The molecule has 3 heterocycles. The number of amides is 2. The molecule has 1 aromatic carbocycles. The zero-order chi connectivity index (χ0) is 20.5. The molecule has 0 radical (unpaired) electrons. The van der Waals surface area contributed by atoms with Gasteiger partial charge in [0.05, 0.1) is 35.4 Å². The van der Waals surface area contributed by atoms with Gasteiger partial charge in [-0.2, -0.15) is 4.98 Å². The molecule has 2 aromatic rings. The van der Waals surface area contributed by atoms with E-state index in [1.54, 1.807) is 12.1 Å². The Balaban J connectivity index is 1.65. The van der Waals surface area contributed by atoms with Crippen LogP contribution in [0.25, 0.3) is 0 Å². The van der Waals surface area contributed by atoms with Crippen LogP contribution in [-0.2, 0) is 14.3 Å². The first kappa shape index (κ1) is 19.4. The van der Waals surface area contributed by atoms with Crippen molar-refractivity contribution in [3.05, 3.63) is 44.7 Å². The predicted octanol–water partition coefficient (Wildman–Crippen LogP) is 1.63. The number of rotatable bonds is 3. The number of hydrogen-bond donors (Lipinski definition) is 3. The molecule has 1 fully saturated rings. The Kier molecular flexibility index (Phi) is 5.25. The number of H-pyrrole nitrogens is 1. The number of anilines is 3. The molecule has 9 nitrogen and oxygen atoms in total. The molecule has 10 heteroatoms. The molecule has 2 amide bonds. The van der Waals surface area contributed by atoms with Gasteiger partial charge in [0.15, 0.2) is 0 Å². The van der Waals surface area contributed by atoms with E-state index in [-0.39, 0.29) is 23.7 Å². The Morgan fingerprint density at radius 3 is 2.79 bits per heavy atom. The molecular formula is C19H20ClN5O4. The maximum atomic E-state index is 12.9. The minimum atomic E-state index is -0.967. The highest BCUT2D eigenvalue weighted by atomic mass is 35.5. The molecule has 1 aromatic heterocycles. The van der Waals surface area contributed by atoms with Gasteiger partial charge in [0, 0.05) is 19.5 Å². The molecule has 1 atom stereocenters. The number of morpholine rings is 1. The number of aryl methyl sites for hydroxylation is 1. The van der Waals surface area contributed by atoms with Crippen molar-refractivity contribution in [3.63, 3.8) is 0 Å². The molecule has 4 rings (SSSR count). The smallest absolute Gasteiger partial charge is 0.258 e. The zero-order valence-electron chi connectivity index (χ0n) is 15.8. The van der Waals surface area contributed by atoms with Gasteiger partial charge in [0.1, 0.15) is 5.82 Å². The Bertz CT molecular complexity index is 1030. The summed E-state index contributed by atoms with van der Waals surface area (Å²) in [5.41, 5.74) is 1.06. The average molecular weight is 418 g/mol. The molecule has 0 bridgehead atoms. The van der Waals surface area contributed by atoms with Gasteiger partial charge in [0.25, 0.3) is 5.56 Å². The Labute approximate surface area is 171 Å². The number of ether oxygens (including phenoxy) is 1. The third kappa shape index (κ3) is 3.96. The fourth-order valence-corrected chi connectivity index (χ4v) is 3.73. The lowest BCUT2D eigenvalue weighted by atomic mass is 9.92. The van der Waals surface area contributed by atoms with Gasteiger partial charge in [-0.1, -0.05) is 17.7 Å². The highest BCUT2D eigenvalue weighted by molar-refractivity contribution is 6.33.